The highest BCUT2D eigenvalue weighted by atomic mass is 35.5. The lowest BCUT2D eigenvalue weighted by atomic mass is 10.1. The van der Waals surface area contributed by atoms with E-state index in [2.05, 4.69) is 57.2 Å². The fourth-order valence-corrected chi connectivity index (χ4v) is 2.58. The van der Waals surface area contributed by atoms with Crippen LogP contribution in [0.2, 0.25) is 0 Å². The molecule has 0 saturated heterocycles. The summed E-state index contributed by atoms with van der Waals surface area (Å²) >= 11 is 0. The van der Waals surface area contributed by atoms with E-state index in [1.54, 1.807) is 0 Å². The molecule has 0 aliphatic carbocycles. The van der Waals surface area contributed by atoms with E-state index in [9.17, 15) is 0 Å². The Morgan fingerprint density at radius 3 is 2.41 bits per heavy atom. The maximum atomic E-state index is 5.96. The minimum absolute atomic E-state index is 0. The number of aryl methyl sites for hydroxylation is 2. The van der Waals surface area contributed by atoms with Gasteiger partial charge in [0, 0.05) is 23.8 Å². The van der Waals surface area contributed by atoms with E-state index in [0.29, 0.717) is 18.4 Å². The Bertz CT molecular complexity index is 617. The summed E-state index contributed by atoms with van der Waals surface area (Å²) in [6.45, 7) is 15.0. The number of nitrogens with zero attached hydrogens (tertiary/aromatic N) is 2. The number of fused-ring (bicyclic) bond motifs is 1. The molecule has 0 saturated carbocycles. The SMILES string of the molecule is Cc1c(C)n(CCC(C)C)c2c(OCC(C)C)nccc12.Cl. The molecule has 0 aliphatic heterocycles. The zero-order valence-electron chi connectivity index (χ0n) is 14.6. The zero-order valence-corrected chi connectivity index (χ0v) is 15.5. The molecule has 0 fully saturated rings. The molecule has 0 bridgehead atoms. The summed E-state index contributed by atoms with van der Waals surface area (Å²) in [5.41, 5.74) is 3.83. The molecular weight excluding hydrogens is 296 g/mol. The van der Waals surface area contributed by atoms with Crippen LogP contribution in [0, 0.1) is 25.7 Å². The largest absolute Gasteiger partial charge is 0.476 e. The Balaban J connectivity index is 0.00000242. The van der Waals surface area contributed by atoms with Gasteiger partial charge in [-0.25, -0.2) is 4.98 Å². The predicted molar refractivity (Wildman–Crippen MR) is 96.2 cm³/mol. The van der Waals surface area contributed by atoms with Crippen LogP contribution in [0.4, 0.5) is 0 Å². The Hall–Kier alpha value is -1.22. The molecule has 124 valence electrons. The summed E-state index contributed by atoms with van der Waals surface area (Å²) in [5, 5.41) is 1.27. The molecule has 0 spiro atoms. The molecule has 0 radical (unpaired) electrons. The van der Waals surface area contributed by atoms with Crippen LogP contribution < -0.4 is 4.74 Å². The second-order valence-corrected chi connectivity index (χ2v) is 6.76. The molecule has 22 heavy (non-hydrogen) atoms. The second-order valence-electron chi connectivity index (χ2n) is 6.76. The summed E-state index contributed by atoms with van der Waals surface area (Å²) in [5.74, 6) is 1.98. The molecule has 0 aliphatic rings. The highest BCUT2D eigenvalue weighted by Gasteiger charge is 2.16. The number of hydrogen-bond donors (Lipinski definition) is 0. The van der Waals surface area contributed by atoms with Gasteiger partial charge in [0.2, 0.25) is 5.88 Å². The van der Waals surface area contributed by atoms with Crippen molar-refractivity contribution in [3.63, 3.8) is 0 Å². The van der Waals surface area contributed by atoms with Crippen LogP contribution in [0.15, 0.2) is 12.3 Å². The van der Waals surface area contributed by atoms with Crippen molar-refractivity contribution in [2.45, 2.75) is 54.5 Å². The van der Waals surface area contributed by atoms with Gasteiger partial charge in [0.05, 0.1) is 6.61 Å². The van der Waals surface area contributed by atoms with Crippen LogP contribution in [0.3, 0.4) is 0 Å². The third-order valence-corrected chi connectivity index (χ3v) is 4.00. The average molecular weight is 325 g/mol. The maximum absolute atomic E-state index is 5.96. The van der Waals surface area contributed by atoms with Crippen molar-refractivity contribution in [2.24, 2.45) is 11.8 Å². The smallest absolute Gasteiger partial charge is 0.238 e. The quantitative estimate of drug-likeness (QED) is 0.734. The maximum Gasteiger partial charge on any atom is 0.238 e. The molecule has 3 nitrogen and oxygen atoms in total. The van der Waals surface area contributed by atoms with Gasteiger partial charge in [-0.2, -0.15) is 0 Å². The standard InChI is InChI=1S/C18H28N2O.ClH/c1-12(2)8-10-20-15(6)14(5)16-7-9-19-18(17(16)20)21-11-13(3)4;/h7,9,12-13H,8,10-11H2,1-6H3;1H. The van der Waals surface area contributed by atoms with Gasteiger partial charge < -0.3 is 9.30 Å². The molecule has 4 heteroatoms. The van der Waals surface area contributed by atoms with Gasteiger partial charge in [-0.05, 0) is 43.7 Å². The van der Waals surface area contributed by atoms with Gasteiger partial charge in [-0.3, -0.25) is 0 Å². The van der Waals surface area contributed by atoms with Crippen molar-refractivity contribution in [1.82, 2.24) is 9.55 Å². The van der Waals surface area contributed by atoms with E-state index in [4.69, 9.17) is 4.74 Å². The van der Waals surface area contributed by atoms with E-state index >= 15 is 0 Å². The van der Waals surface area contributed by atoms with Gasteiger partial charge in [0.1, 0.15) is 5.52 Å². The van der Waals surface area contributed by atoms with Crippen LogP contribution in [-0.2, 0) is 6.54 Å². The topological polar surface area (TPSA) is 27.1 Å². The van der Waals surface area contributed by atoms with Crippen LogP contribution in [0.1, 0.15) is 45.4 Å². The van der Waals surface area contributed by atoms with E-state index in [0.717, 1.165) is 17.9 Å². The minimum Gasteiger partial charge on any atom is -0.476 e. The van der Waals surface area contributed by atoms with Crippen molar-refractivity contribution in [1.29, 1.82) is 0 Å². The second kappa shape index (κ2) is 7.87. The average Bonchev–Trinajstić information content (AvgIpc) is 2.67. The van der Waals surface area contributed by atoms with Crippen molar-refractivity contribution in [3.8, 4) is 5.88 Å². The van der Waals surface area contributed by atoms with E-state index in [1.165, 1.54) is 23.1 Å². The fraction of sp³-hybridized carbons (Fsp3) is 0.611. The Kier molecular flexibility index (Phi) is 6.73. The number of pyridine rings is 1. The van der Waals surface area contributed by atoms with Gasteiger partial charge in [0.25, 0.3) is 0 Å². The van der Waals surface area contributed by atoms with Crippen molar-refractivity contribution in [3.05, 3.63) is 23.5 Å². The first-order chi connectivity index (χ1) is 9.91. The molecule has 0 unspecified atom stereocenters. The number of halogens is 1. The molecule has 2 aromatic rings. The number of aromatic nitrogens is 2. The molecule has 0 N–H and O–H groups in total. The molecule has 0 aromatic carbocycles. The summed E-state index contributed by atoms with van der Waals surface area (Å²) < 4.78 is 8.35. The van der Waals surface area contributed by atoms with Crippen LogP contribution in [0.25, 0.3) is 10.9 Å². The first kappa shape index (κ1) is 18.8. The Labute approximate surface area is 140 Å². The van der Waals surface area contributed by atoms with Gasteiger partial charge >= 0.3 is 0 Å². The summed E-state index contributed by atoms with van der Waals surface area (Å²) in [6, 6.07) is 2.10. The fourth-order valence-electron chi connectivity index (χ4n) is 2.58. The summed E-state index contributed by atoms with van der Waals surface area (Å²) in [7, 11) is 0. The monoisotopic (exact) mass is 324 g/mol. The zero-order chi connectivity index (χ0) is 15.6. The normalized spacial score (nSPS) is 11.3. The van der Waals surface area contributed by atoms with E-state index in [-0.39, 0.29) is 12.4 Å². The molecule has 0 amide bonds. The molecule has 2 heterocycles. The predicted octanol–water partition coefficient (Wildman–Crippen LogP) is 5.16. The third-order valence-electron chi connectivity index (χ3n) is 4.00. The van der Waals surface area contributed by atoms with Crippen molar-refractivity contribution < 1.29 is 4.74 Å². The van der Waals surface area contributed by atoms with Gasteiger partial charge in [-0.1, -0.05) is 27.7 Å². The van der Waals surface area contributed by atoms with Crippen LogP contribution in [0.5, 0.6) is 5.88 Å². The first-order valence-corrected chi connectivity index (χ1v) is 7.99. The minimum atomic E-state index is 0. The Morgan fingerprint density at radius 1 is 1.14 bits per heavy atom. The summed E-state index contributed by atoms with van der Waals surface area (Å²) in [4.78, 5) is 4.48. The lowest BCUT2D eigenvalue weighted by molar-refractivity contribution is 0.263. The lowest BCUT2D eigenvalue weighted by Gasteiger charge is -2.14. The van der Waals surface area contributed by atoms with Gasteiger partial charge in [0.15, 0.2) is 0 Å². The number of rotatable bonds is 6. The van der Waals surface area contributed by atoms with Crippen molar-refractivity contribution >= 4 is 23.3 Å². The van der Waals surface area contributed by atoms with Crippen molar-refractivity contribution in [2.75, 3.05) is 6.61 Å². The first-order valence-electron chi connectivity index (χ1n) is 7.99. The lowest BCUT2D eigenvalue weighted by Crippen LogP contribution is -2.09. The van der Waals surface area contributed by atoms with Gasteiger partial charge in [-0.15, -0.1) is 12.4 Å². The highest BCUT2D eigenvalue weighted by molar-refractivity contribution is 5.88. The number of ether oxygens (including phenoxy) is 1. The molecule has 2 aromatic heterocycles. The Morgan fingerprint density at radius 2 is 1.82 bits per heavy atom. The molecule has 2 rings (SSSR count). The summed E-state index contributed by atoms with van der Waals surface area (Å²) in [6.07, 6.45) is 3.03. The van der Waals surface area contributed by atoms with E-state index < -0.39 is 0 Å². The molecule has 0 atom stereocenters. The van der Waals surface area contributed by atoms with Crippen LogP contribution >= 0.6 is 12.4 Å². The number of hydrogen-bond acceptors (Lipinski definition) is 2. The van der Waals surface area contributed by atoms with E-state index in [1.807, 2.05) is 6.20 Å². The molecular formula is C18H29ClN2O. The van der Waals surface area contributed by atoms with Crippen LogP contribution in [-0.4, -0.2) is 16.2 Å². The highest BCUT2D eigenvalue weighted by Crippen LogP contribution is 2.31. The third kappa shape index (κ3) is 3.95.